The molecule has 1 saturated heterocycles. The van der Waals surface area contributed by atoms with Crippen LogP contribution in [0.25, 0.3) is 11.7 Å². The number of thiocarbonyl (C=S) groups is 1. The number of thioether (sulfide) groups is 1. The van der Waals surface area contributed by atoms with E-state index in [1.165, 1.54) is 9.30 Å². The number of fused-ring (bicyclic) bond motifs is 1. The van der Waals surface area contributed by atoms with Crippen molar-refractivity contribution in [3.8, 4) is 0 Å². The molecule has 0 spiro atoms. The molecule has 2 aromatic heterocycles. The van der Waals surface area contributed by atoms with E-state index in [2.05, 4.69) is 10.3 Å². The number of carbonyl (C=O) groups excluding carboxylic acids is 1. The average molecular weight is 501 g/mol. The van der Waals surface area contributed by atoms with Crippen molar-refractivity contribution in [3.05, 3.63) is 79.6 Å². The number of nitrogens with one attached hydrogen (secondary N) is 1. The summed E-state index contributed by atoms with van der Waals surface area (Å²) < 4.78 is 6.99. The average Bonchev–Trinajstić information content (AvgIpc) is 3.06. The van der Waals surface area contributed by atoms with Gasteiger partial charge in [0.05, 0.1) is 23.6 Å². The van der Waals surface area contributed by atoms with Crippen LogP contribution < -0.4 is 10.9 Å². The van der Waals surface area contributed by atoms with Gasteiger partial charge in [-0.1, -0.05) is 59.8 Å². The van der Waals surface area contributed by atoms with Crippen LogP contribution in [0.2, 0.25) is 5.02 Å². The Balaban J connectivity index is 1.74. The summed E-state index contributed by atoms with van der Waals surface area (Å²) in [5.74, 6) is 0.115. The highest BCUT2D eigenvalue weighted by molar-refractivity contribution is 8.26. The van der Waals surface area contributed by atoms with Gasteiger partial charge in [-0.15, -0.1) is 0 Å². The van der Waals surface area contributed by atoms with Crippen LogP contribution >= 0.6 is 35.6 Å². The van der Waals surface area contributed by atoms with Gasteiger partial charge in [0.15, 0.2) is 0 Å². The molecule has 3 heterocycles. The molecule has 170 valence electrons. The van der Waals surface area contributed by atoms with Crippen molar-refractivity contribution in [3.63, 3.8) is 0 Å². The first-order chi connectivity index (χ1) is 15.9. The highest BCUT2D eigenvalue weighted by Gasteiger charge is 2.33. The molecule has 0 radical (unpaired) electrons. The number of anilines is 1. The van der Waals surface area contributed by atoms with Gasteiger partial charge in [0.1, 0.15) is 15.8 Å². The minimum Gasteiger partial charge on any atom is -0.383 e. The van der Waals surface area contributed by atoms with Crippen LogP contribution in [-0.2, 0) is 16.1 Å². The second kappa shape index (κ2) is 10.0. The first-order valence-electron chi connectivity index (χ1n) is 10.1. The van der Waals surface area contributed by atoms with Gasteiger partial charge >= 0.3 is 0 Å². The number of rotatable bonds is 7. The molecule has 0 atom stereocenters. The molecule has 0 saturated carbocycles. The number of methoxy groups -OCH3 is 1. The monoisotopic (exact) mass is 500 g/mol. The standard InChI is InChI=1S/C23H21ClN4O3S2/c1-14-6-5-10-27-20(14)26-19(25-9-11-31-2)16(21(27)29)12-18-22(30)28(23(32)33-18)13-15-7-3-4-8-17(15)24/h3-8,10,12,25H,9,11,13H2,1-2H3/b18-12+. The number of aryl methyl sites for hydroxylation is 1. The van der Waals surface area contributed by atoms with E-state index in [0.717, 1.165) is 22.9 Å². The van der Waals surface area contributed by atoms with Gasteiger partial charge in [-0.3, -0.25) is 18.9 Å². The van der Waals surface area contributed by atoms with Gasteiger partial charge in [-0.2, -0.15) is 0 Å². The van der Waals surface area contributed by atoms with Gasteiger partial charge in [0.25, 0.3) is 11.5 Å². The highest BCUT2D eigenvalue weighted by atomic mass is 35.5. The lowest BCUT2D eigenvalue weighted by molar-refractivity contribution is -0.122. The van der Waals surface area contributed by atoms with Crippen molar-refractivity contribution >= 4 is 63.3 Å². The van der Waals surface area contributed by atoms with E-state index in [-0.39, 0.29) is 23.6 Å². The molecule has 0 bridgehead atoms. The lowest BCUT2D eigenvalue weighted by Gasteiger charge is -2.15. The SMILES string of the molecule is COCCNc1nc2c(C)cccn2c(=O)c1/C=C1/SC(=S)N(Cc2ccccc2Cl)C1=O. The second-order valence-electron chi connectivity index (χ2n) is 7.34. The van der Waals surface area contributed by atoms with Gasteiger partial charge in [-0.25, -0.2) is 4.98 Å². The fraction of sp³-hybridized carbons (Fsp3) is 0.217. The first-order valence-corrected chi connectivity index (χ1v) is 11.7. The van der Waals surface area contributed by atoms with Crippen molar-refractivity contribution in [2.75, 3.05) is 25.6 Å². The summed E-state index contributed by atoms with van der Waals surface area (Å²) in [6.45, 7) is 3.04. The van der Waals surface area contributed by atoms with E-state index in [0.29, 0.717) is 38.9 Å². The normalized spacial score (nSPS) is 15.1. The van der Waals surface area contributed by atoms with Crippen LogP contribution in [0, 0.1) is 6.92 Å². The lowest BCUT2D eigenvalue weighted by atomic mass is 10.2. The molecule has 1 aromatic carbocycles. The van der Waals surface area contributed by atoms with Crippen molar-refractivity contribution in [1.29, 1.82) is 0 Å². The quantitative estimate of drug-likeness (QED) is 0.297. The molecular formula is C23H21ClN4O3S2. The van der Waals surface area contributed by atoms with E-state index in [1.807, 2.05) is 31.2 Å². The minimum atomic E-state index is -0.278. The van der Waals surface area contributed by atoms with Crippen LogP contribution in [-0.4, -0.2) is 44.8 Å². The summed E-state index contributed by atoms with van der Waals surface area (Å²) in [5, 5.41) is 3.72. The summed E-state index contributed by atoms with van der Waals surface area (Å²) in [4.78, 5) is 33.0. The Bertz CT molecular complexity index is 1340. The van der Waals surface area contributed by atoms with E-state index in [4.69, 9.17) is 28.6 Å². The van der Waals surface area contributed by atoms with E-state index in [1.54, 1.807) is 31.5 Å². The number of ether oxygens (including phenoxy) is 1. The zero-order chi connectivity index (χ0) is 23.5. The lowest BCUT2D eigenvalue weighted by Crippen LogP contribution is -2.27. The smallest absolute Gasteiger partial charge is 0.267 e. The van der Waals surface area contributed by atoms with Crippen LogP contribution in [0.4, 0.5) is 5.82 Å². The Labute approximate surface area is 205 Å². The number of carbonyl (C=O) groups is 1. The Morgan fingerprint density at radius 3 is 2.79 bits per heavy atom. The molecule has 33 heavy (non-hydrogen) atoms. The van der Waals surface area contributed by atoms with E-state index >= 15 is 0 Å². The molecule has 3 aromatic rings. The highest BCUT2D eigenvalue weighted by Crippen LogP contribution is 2.34. The van der Waals surface area contributed by atoms with Gasteiger partial charge in [0, 0.05) is 24.9 Å². The summed E-state index contributed by atoms with van der Waals surface area (Å²) in [5.41, 5.74) is 2.21. The molecule has 1 fully saturated rings. The third-order valence-electron chi connectivity index (χ3n) is 5.12. The predicted octanol–water partition coefficient (Wildman–Crippen LogP) is 4.12. The number of pyridine rings is 1. The molecule has 0 unspecified atom stereocenters. The number of hydrogen-bond acceptors (Lipinski definition) is 7. The largest absolute Gasteiger partial charge is 0.383 e. The number of aromatic nitrogens is 2. The fourth-order valence-electron chi connectivity index (χ4n) is 3.41. The molecule has 1 aliphatic rings. The van der Waals surface area contributed by atoms with Crippen LogP contribution in [0.15, 0.2) is 52.3 Å². The first kappa shape index (κ1) is 23.4. The number of halogens is 1. The van der Waals surface area contributed by atoms with Crippen LogP contribution in [0.1, 0.15) is 16.7 Å². The summed E-state index contributed by atoms with van der Waals surface area (Å²) in [6.07, 6.45) is 3.22. The van der Waals surface area contributed by atoms with E-state index in [9.17, 15) is 9.59 Å². The van der Waals surface area contributed by atoms with Crippen molar-refractivity contribution in [1.82, 2.24) is 14.3 Å². The number of benzene rings is 1. The third kappa shape index (κ3) is 4.81. The van der Waals surface area contributed by atoms with Crippen LogP contribution in [0.3, 0.4) is 0 Å². The Kier molecular flexibility index (Phi) is 7.14. The zero-order valence-electron chi connectivity index (χ0n) is 18.0. The summed E-state index contributed by atoms with van der Waals surface area (Å²) in [6, 6.07) is 11.0. The zero-order valence-corrected chi connectivity index (χ0v) is 20.4. The number of hydrogen-bond donors (Lipinski definition) is 1. The van der Waals surface area contributed by atoms with Crippen molar-refractivity contribution in [2.24, 2.45) is 0 Å². The van der Waals surface area contributed by atoms with Gasteiger partial charge in [-0.05, 0) is 36.3 Å². The number of amides is 1. The molecule has 1 amide bonds. The maximum absolute atomic E-state index is 13.4. The van der Waals surface area contributed by atoms with Gasteiger partial charge < -0.3 is 10.1 Å². The Hall–Kier alpha value is -2.72. The maximum atomic E-state index is 13.4. The minimum absolute atomic E-state index is 0.259. The molecule has 10 heteroatoms. The summed E-state index contributed by atoms with van der Waals surface area (Å²) >= 11 is 12.9. The van der Waals surface area contributed by atoms with Crippen molar-refractivity contribution in [2.45, 2.75) is 13.5 Å². The topological polar surface area (TPSA) is 75.9 Å². The molecule has 0 aliphatic carbocycles. The Morgan fingerprint density at radius 1 is 1.24 bits per heavy atom. The van der Waals surface area contributed by atoms with Gasteiger partial charge in [0.2, 0.25) is 0 Å². The van der Waals surface area contributed by atoms with Crippen molar-refractivity contribution < 1.29 is 9.53 Å². The van der Waals surface area contributed by atoms with Crippen LogP contribution in [0.5, 0.6) is 0 Å². The summed E-state index contributed by atoms with van der Waals surface area (Å²) in [7, 11) is 1.60. The fourth-order valence-corrected chi connectivity index (χ4v) is 4.84. The molecule has 4 rings (SSSR count). The molecular weight excluding hydrogens is 480 g/mol. The predicted molar refractivity (Wildman–Crippen MR) is 137 cm³/mol. The molecule has 1 aliphatic heterocycles. The number of nitrogens with zero attached hydrogens (tertiary/aromatic N) is 3. The molecule has 7 nitrogen and oxygen atoms in total. The molecule has 1 N–H and O–H groups in total. The Morgan fingerprint density at radius 2 is 2.03 bits per heavy atom. The third-order valence-corrected chi connectivity index (χ3v) is 6.86. The van der Waals surface area contributed by atoms with E-state index < -0.39 is 0 Å². The maximum Gasteiger partial charge on any atom is 0.267 e. The second-order valence-corrected chi connectivity index (χ2v) is 9.43.